The zero-order valence-corrected chi connectivity index (χ0v) is 10.6. The Hall–Kier alpha value is -2.40. The highest BCUT2D eigenvalue weighted by molar-refractivity contribution is 5.85. The molecular weight excluding hydrogens is 242 g/mol. The first kappa shape index (κ1) is 13.0. The van der Waals surface area contributed by atoms with E-state index >= 15 is 0 Å². The second-order valence-electron chi connectivity index (χ2n) is 3.93. The number of benzene rings is 1. The van der Waals surface area contributed by atoms with Gasteiger partial charge in [0.1, 0.15) is 0 Å². The number of nitrogens with two attached hydrogens (primary N) is 1. The molecule has 0 bridgehead atoms. The molecule has 0 unspecified atom stereocenters. The molecular formula is C14H15N3O2. The molecule has 5 nitrogen and oxygen atoms in total. The molecule has 1 amide bonds. The topological polar surface area (TPSA) is 77.2 Å². The third-order valence-electron chi connectivity index (χ3n) is 2.68. The van der Waals surface area contributed by atoms with E-state index in [1.807, 2.05) is 36.4 Å². The largest absolute Gasteiger partial charge is 0.453 e. The molecule has 1 aromatic heterocycles. The number of hydrogen-bond donors (Lipinski definition) is 2. The SMILES string of the molecule is COC(=O)Nc1ccc(-c2ccnc(CN)c2)cc1. The van der Waals surface area contributed by atoms with Crippen LogP contribution < -0.4 is 11.1 Å². The van der Waals surface area contributed by atoms with Gasteiger partial charge in [-0.05, 0) is 35.4 Å². The minimum Gasteiger partial charge on any atom is -0.453 e. The number of nitrogens with zero attached hydrogens (tertiary/aromatic N) is 1. The molecule has 0 saturated heterocycles. The van der Waals surface area contributed by atoms with E-state index in [1.165, 1.54) is 7.11 Å². The summed E-state index contributed by atoms with van der Waals surface area (Å²) in [6, 6.07) is 11.3. The van der Waals surface area contributed by atoms with Gasteiger partial charge in [-0.15, -0.1) is 0 Å². The maximum Gasteiger partial charge on any atom is 0.411 e. The van der Waals surface area contributed by atoms with E-state index in [4.69, 9.17) is 5.73 Å². The molecule has 98 valence electrons. The zero-order chi connectivity index (χ0) is 13.7. The van der Waals surface area contributed by atoms with E-state index in [1.54, 1.807) is 6.20 Å². The molecule has 0 radical (unpaired) electrons. The summed E-state index contributed by atoms with van der Waals surface area (Å²) in [6.45, 7) is 0.413. The number of hydrogen-bond acceptors (Lipinski definition) is 4. The van der Waals surface area contributed by atoms with Gasteiger partial charge in [0.05, 0.1) is 12.8 Å². The van der Waals surface area contributed by atoms with Gasteiger partial charge in [0, 0.05) is 18.4 Å². The zero-order valence-electron chi connectivity index (χ0n) is 10.6. The fourth-order valence-electron chi connectivity index (χ4n) is 1.68. The lowest BCUT2D eigenvalue weighted by atomic mass is 10.1. The van der Waals surface area contributed by atoms with Gasteiger partial charge in [-0.1, -0.05) is 12.1 Å². The van der Waals surface area contributed by atoms with Crippen molar-refractivity contribution in [2.45, 2.75) is 6.54 Å². The average molecular weight is 257 g/mol. The van der Waals surface area contributed by atoms with Crippen LogP contribution in [0.5, 0.6) is 0 Å². The Morgan fingerprint density at radius 3 is 2.63 bits per heavy atom. The van der Waals surface area contributed by atoms with Crippen LogP contribution in [0.1, 0.15) is 5.69 Å². The molecule has 1 aromatic carbocycles. The monoisotopic (exact) mass is 257 g/mol. The Balaban J connectivity index is 2.19. The normalized spacial score (nSPS) is 10.0. The van der Waals surface area contributed by atoms with Gasteiger partial charge in [0.2, 0.25) is 0 Å². The lowest BCUT2D eigenvalue weighted by molar-refractivity contribution is 0.187. The maximum absolute atomic E-state index is 11.1. The van der Waals surface area contributed by atoms with Crippen molar-refractivity contribution in [2.75, 3.05) is 12.4 Å². The molecule has 0 aliphatic heterocycles. The Kier molecular flexibility index (Phi) is 4.10. The Labute approximate surface area is 111 Å². The number of methoxy groups -OCH3 is 1. The van der Waals surface area contributed by atoms with Crippen molar-refractivity contribution in [1.82, 2.24) is 4.98 Å². The summed E-state index contributed by atoms with van der Waals surface area (Å²) < 4.78 is 4.53. The van der Waals surface area contributed by atoms with Crippen molar-refractivity contribution < 1.29 is 9.53 Å². The predicted molar refractivity (Wildman–Crippen MR) is 73.6 cm³/mol. The number of pyridine rings is 1. The summed E-state index contributed by atoms with van der Waals surface area (Å²) in [5.41, 5.74) is 9.17. The van der Waals surface area contributed by atoms with Crippen molar-refractivity contribution in [3.05, 3.63) is 48.3 Å². The molecule has 0 spiro atoms. The van der Waals surface area contributed by atoms with E-state index < -0.39 is 6.09 Å². The van der Waals surface area contributed by atoms with E-state index in [0.717, 1.165) is 16.8 Å². The van der Waals surface area contributed by atoms with Crippen LogP contribution in [0.25, 0.3) is 11.1 Å². The predicted octanol–water partition coefficient (Wildman–Crippen LogP) is 2.39. The molecule has 0 fully saturated rings. The molecule has 2 rings (SSSR count). The Morgan fingerprint density at radius 2 is 2.00 bits per heavy atom. The Morgan fingerprint density at radius 1 is 1.26 bits per heavy atom. The second-order valence-corrected chi connectivity index (χ2v) is 3.93. The highest BCUT2D eigenvalue weighted by Gasteiger charge is 2.02. The van der Waals surface area contributed by atoms with Crippen LogP contribution in [0, 0.1) is 0 Å². The number of nitrogens with one attached hydrogen (secondary N) is 1. The molecule has 2 aromatic rings. The summed E-state index contributed by atoms with van der Waals surface area (Å²) in [5, 5.41) is 2.60. The number of carbonyl (C=O) groups is 1. The average Bonchev–Trinajstić information content (AvgIpc) is 2.48. The van der Waals surface area contributed by atoms with E-state index in [9.17, 15) is 4.79 Å². The van der Waals surface area contributed by atoms with Crippen molar-refractivity contribution in [3.63, 3.8) is 0 Å². The van der Waals surface area contributed by atoms with Crippen LogP contribution in [0.15, 0.2) is 42.6 Å². The lowest BCUT2D eigenvalue weighted by Crippen LogP contribution is -2.10. The number of rotatable bonds is 3. The van der Waals surface area contributed by atoms with Crippen LogP contribution in [0.2, 0.25) is 0 Å². The van der Waals surface area contributed by atoms with E-state index in [-0.39, 0.29) is 0 Å². The minimum absolute atomic E-state index is 0.413. The van der Waals surface area contributed by atoms with Crippen LogP contribution >= 0.6 is 0 Å². The maximum atomic E-state index is 11.1. The molecule has 19 heavy (non-hydrogen) atoms. The van der Waals surface area contributed by atoms with Gasteiger partial charge < -0.3 is 10.5 Å². The summed E-state index contributed by atoms with van der Waals surface area (Å²) >= 11 is 0. The van der Waals surface area contributed by atoms with Crippen molar-refractivity contribution in [2.24, 2.45) is 5.73 Å². The number of carbonyl (C=O) groups excluding carboxylic acids is 1. The second kappa shape index (κ2) is 5.97. The summed E-state index contributed by atoms with van der Waals surface area (Å²) in [6.07, 6.45) is 1.25. The van der Waals surface area contributed by atoms with Gasteiger partial charge >= 0.3 is 6.09 Å². The summed E-state index contributed by atoms with van der Waals surface area (Å²) in [7, 11) is 1.33. The van der Waals surface area contributed by atoms with E-state index in [0.29, 0.717) is 12.2 Å². The first-order chi connectivity index (χ1) is 9.22. The van der Waals surface area contributed by atoms with Crippen molar-refractivity contribution >= 4 is 11.8 Å². The fraction of sp³-hybridized carbons (Fsp3) is 0.143. The van der Waals surface area contributed by atoms with Crippen LogP contribution in [-0.4, -0.2) is 18.2 Å². The third-order valence-corrected chi connectivity index (χ3v) is 2.68. The third kappa shape index (κ3) is 3.29. The fourth-order valence-corrected chi connectivity index (χ4v) is 1.68. The number of ether oxygens (including phenoxy) is 1. The quantitative estimate of drug-likeness (QED) is 0.885. The molecule has 3 N–H and O–H groups in total. The number of anilines is 1. The van der Waals surface area contributed by atoms with E-state index in [2.05, 4.69) is 15.0 Å². The molecule has 5 heteroatoms. The van der Waals surface area contributed by atoms with Crippen LogP contribution in [0.3, 0.4) is 0 Å². The smallest absolute Gasteiger partial charge is 0.411 e. The van der Waals surface area contributed by atoms with Gasteiger partial charge in [0.25, 0.3) is 0 Å². The molecule has 0 aliphatic carbocycles. The highest BCUT2D eigenvalue weighted by Crippen LogP contribution is 2.21. The first-order valence-corrected chi connectivity index (χ1v) is 5.83. The highest BCUT2D eigenvalue weighted by atomic mass is 16.5. The Bertz CT molecular complexity index is 567. The summed E-state index contributed by atoms with van der Waals surface area (Å²) in [4.78, 5) is 15.2. The number of aromatic nitrogens is 1. The van der Waals surface area contributed by atoms with Crippen molar-refractivity contribution in [1.29, 1.82) is 0 Å². The molecule has 0 atom stereocenters. The lowest BCUT2D eigenvalue weighted by Gasteiger charge is -2.06. The summed E-state index contributed by atoms with van der Waals surface area (Å²) in [5.74, 6) is 0. The van der Waals surface area contributed by atoms with Gasteiger partial charge in [-0.3, -0.25) is 10.3 Å². The van der Waals surface area contributed by atoms with Gasteiger partial charge in [0.15, 0.2) is 0 Å². The standard InChI is InChI=1S/C14H15N3O2/c1-19-14(18)17-12-4-2-10(3-5-12)11-6-7-16-13(8-11)9-15/h2-8H,9,15H2,1H3,(H,17,18). The van der Waals surface area contributed by atoms with Gasteiger partial charge in [-0.25, -0.2) is 4.79 Å². The first-order valence-electron chi connectivity index (χ1n) is 5.83. The minimum atomic E-state index is -0.484. The number of amides is 1. The molecule has 0 saturated carbocycles. The van der Waals surface area contributed by atoms with Gasteiger partial charge in [-0.2, -0.15) is 0 Å². The van der Waals surface area contributed by atoms with Crippen LogP contribution in [0.4, 0.5) is 10.5 Å². The molecule has 1 heterocycles. The van der Waals surface area contributed by atoms with Crippen molar-refractivity contribution in [3.8, 4) is 11.1 Å². The van der Waals surface area contributed by atoms with Crippen LogP contribution in [-0.2, 0) is 11.3 Å². The molecule has 0 aliphatic rings.